The number of carbonyl (C=O) groups is 2. The molecule has 0 amide bonds. The van der Waals surface area contributed by atoms with Crippen molar-refractivity contribution in [3.63, 3.8) is 0 Å². The van der Waals surface area contributed by atoms with Gasteiger partial charge in [0.05, 0.1) is 25.6 Å². The fraction of sp³-hybridized carbons (Fsp3) is 0.545. The van der Waals surface area contributed by atoms with Gasteiger partial charge in [-0.25, -0.2) is 18.2 Å². The number of nitrogens with zero attached hydrogens (tertiary/aromatic N) is 2. The summed E-state index contributed by atoms with van der Waals surface area (Å²) in [7, 11) is -0.254. The number of rotatable bonds is 6. The lowest BCUT2D eigenvalue weighted by molar-refractivity contribution is -0.144. The normalized spacial score (nSPS) is 13.0. The molecule has 0 saturated heterocycles. The van der Waals surface area contributed by atoms with Gasteiger partial charge < -0.3 is 9.47 Å². The molecule has 10 heteroatoms. The molecule has 1 aromatic heterocycles. The molecule has 0 bridgehead atoms. The summed E-state index contributed by atoms with van der Waals surface area (Å²) < 4.78 is 34.6. The van der Waals surface area contributed by atoms with E-state index in [0.717, 1.165) is 22.8 Å². The van der Waals surface area contributed by atoms with Gasteiger partial charge in [-0.3, -0.25) is 4.79 Å². The Kier molecular flexibility index (Phi) is 5.81. The molecule has 1 atom stereocenters. The average molecular weight is 336 g/mol. The number of esters is 2. The highest BCUT2D eigenvalue weighted by Crippen LogP contribution is 2.24. The number of carbonyl (C=O) groups excluding carboxylic acids is 2. The first-order chi connectivity index (χ1) is 9.75. The van der Waals surface area contributed by atoms with Gasteiger partial charge in [0.25, 0.3) is 10.0 Å². The molecule has 0 aliphatic carbocycles. The molecule has 0 N–H and O–H groups in total. The summed E-state index contributed by atoms with van der Waals surface area (Å²) in [5, 5.41) is 0. The van der Waals surface area contributed by atoms with Crippen LogP contribution in [0, 0.1) is 5.92 Å². The minimum Gasteiger partial charge on any atom is -0.469 e. The van der Waals surface area contributed by atoms with Gasteiger partial charge in [-0.2, -0.15) is 4.31 Å². The lowest BCUT2D eigenvalue weighted by atomic mass is 10.2. The van der Waals surface area contributed by atoms with E-state index >= 15 is 0 Å². The maximum atomic E-state index is 12.4. The van der Waals surface area contributed by atoms with E-state index in [2.05, 4.69) is 14.5 Å². The molecule has 0 fully saturated rings. The van der Waals surface area contributed by atoms with E-state index in [1.807, 2.05) is 0 Å². The maximum Gasteiger partial charge on any atom is 0.358 e. The van der Waals surface area contributed by atoms with Gasteiger partial charge in [-0.1, -0.05) is 6.92 Å². The van der Waals surface area contributed by atoms with Gasteiger partial charge in [0, 0.05) is 13.6 Å². The molecule has 1 heterocycles. The number of methoxy groups -OCH3 is 2. The Bertz CT molecular complexity index is 624. The molecule has 8 nitrogen and oxygen atoms in total. The van der Waals surface area contributed by atoms with Crippen LogP contribution in [0.3, 0.4) is 0 Å². The zero-order valence-corrected chi connectivity index (χ0v) is 13.7. The Morgan fingerprint density at radius 3 is 2.52 bits per heavy atom. The van der Waals surface area contributed by atoms with E-state index in [1.54, 1.807) is 6.92 Å². The first-order valence-electron chi connectivity index (χ1n) is 5.81. The number of aromatic nitrogens is 1. The van der Waals surface area contributed by atoms with Gasteiger partial charge in [0.15, 0.2) is 9.90 Å². The number of thiazole rings is 1. The maximum absolute atomic E-state index is 12.4. The highest BCUT2D eigenvalue weighted by Gasteiger charge is 2.31. The van der Waals surface area contributed by atoms with Crippen LogP contribution in [0.25, 0.3) is 0 Å². The van der Waals surface area contributed by atoms with Crippen molar-refractivity contribution in [3.8, 4) is 0 Å². The largest absolute Gasteiger partial charge is 0.469 e. The SMILES string of the molecule is COC(=O)c1ncsc1S(=O)(=O)N(C)CC(C)C(=O)OC. The lowest BCUT2D eigenvalue weighted by Crippen LogP contribution is -2.34. The summed E-state index contributed by atoms with van der Waals surface area (Å²) >= 11 is 0.812. The Morgan fingerprint density at radius 1 is 1.38 bits per heavy atom. The molecule has 21 heavy (non-hydrogen) atoms. The van der Waals surface area contributed by atoms with E-state index in [-0.39, 0.29) is 16.4 Å². The second-order valence-corrected chi connectivity index (χ2v) is 7.28. The number of sulfonamides is 1. The summed E-state index contributed by atoms with van der Waals surface area (Å²) in [6, 6.07) is 0. The van der Waals surface area contributed by atoms with Crippen LogP contribution in [-0.4, -0.2) is 57.5 Å². The van der Waals surface area contributed by atoms with E-state index in [4.69, 9.17) is 0 Å². The molecule has 0 aliphatic rings. The van der Waals surface area contributed by atoms with Crippen LogP contribution in [0.5, 0.6) is 0 Å². The van der Waals surface area contributed by atoms with Gasteiger partial charge in [0.2, 0.25) is 0 Å². The quantitative estimate of drug-likeness (QED) is 0.691. The molecule has 118 valence electrons. The summed E-state index contributed by atoms with van der Waals surface area (Å²) in [5.74, 6) is -1.98. The van der Waals surface area contributed by atoms with E-state index < -0.39 is 27.9 Å². The highest BCUT2D eigenvalue weighted by atomic mass is 32.2. The summed E-state index contributed by atoms with van der Waals surface area (Å²) in [5.41, 5.74) is 0.983. The topological polar surface area (TPSA) is 103 Å². The van der Waals surface area contributed by atoms with Crippen molar-refractivity contribution in [2.75, 3.05) is 27.8 Å². The molecule has 0 spiro atoms. The zero-order valence-electron chi connectivity index (χ0n) is 12.0. The smallest absolute Gasteiger partial charge is 0.358 e. The first-order valence-corrected chi connectivity index (χ1v) is 8.13. The Hall–Kier alpha value is -1.52. The van der Waals surface area contributed by atoms with Crippen molar-refractivity contribution >= 4 is 33.3 Å². The average Bonchev–Trinajstić information content (AvgIpc) is 2.95. The monoisotopic (exact) mass is 336 g/mol. The van der Waals surface area contributed by atoms with Crippen LogP contribution in [0.4, 0.5) is 0 Å². The van der Waals surface area contributed by atoms with Crippen LogP contribution in [0.2, 0.25) is 0 Å². The standard InChI is InChI=1S/C11H16N2O6S2/c1-7(9(14)18-3)5-13(2)21(16,17)11-8(10(15)19-4)12-6-20-11/h6-7H,5H2,1-4H3. The summed E-state index contributed by atoms with van der Waals surface area (Å²) in [6.45, 7) is 1.47. The minimum absolute atomic E-state index is 0.0759. The molecule has 0 aromatic carbocycles. The van der Waals surface area contributed by atoms with Gasteiger partial charge in [0.1, 0.15) is 0 Å². The van der Waals surface area contributed by atoms with Crippen LogP contribution >= 0.6 is 11.3 Å². The third-order valence-electron chi connectivity index (χ3n) is 2.69. The molecular formula is C11H16N2O6S2. The minimum atomic E-state index is -3.94. The number of hydrogen-bond acceptors (Lipinski definition) is 8. The fourth-order valence-electron chi connectivity index (χ4n) is 1.55. The van der Waals surface area contributed by atoms with Crippen molar-refractivity contribution in [2.45, 2.75) is 11.1 Å². The van der Waals surface area contributed by atoms with Crippen molar-refractivity contribution < 1.29 is 27.5 Å². The van der Waals surface area contributed by atoms with Crippen molar-refractivity contribution in [3.05, 3.63) is 11.2 Å². The van der Waals surface area contributed by atoms with Crippen LogP contribution in [0.15, 0.2) is 9.72 Å². The molecular weight excluding hydrogens is 320 g/mol. The van der Waals surface area contributed by atoms with Crippen molar-refractivity contribution in [1.29, 1.82) is 0 Å². The Balaban J connectivity index is 3.03. The van der Waals surface area contributed by atoms with E-state index in [1.165, 1.54) is 19.7 Å². The molecule has 0 radical (unpaired) electrons. The molecule has 0 saturated carbocycles. The second kappa shape index (κ2) is 6.96. The second-order valence-electron chi connectivity index (χ2n) is 4.19. The number of ether oxygens (including phenoxy) is 2. The van der Waals surface area contributed by atoms with Crippen molar-refractivity contribution in [2.24, 2.45) is 5.92 Å². The third-order valence-corrected chi connectivity index (χ3v) is 5.86. The van der Waals surface area contributed by atoms with Crippen molar-refractivity contribution in [1.82, 2.24) is 9.29 Å². The molecule has 0 aliphatic heterocycles. The Labute approximate surface area is 126 Å². The highest BCUT2D eigenvalue weighted by molar-refractivity contribution is 7.91. The van der Waals surface area contributed by atoms with Crippen LogP contribution in [0.1, 0.15) is 17.4 Å². The zero-order chi connectivity index (χ0) is 16.2. The molecule has 1 rings (SSSR count). The number of hydrogen-bond donors (Lipinski definition) is 0. The van der Waals surface area contributed by atoms with Gasteiger partial charge in [-0.05, 0) is 0 Å². The summed E-state index contributed by atoms with van der Waals surface area (Å²) in [4.78, 5) is 26.6. The predicted molar refractivity (Wildman–Crippen MR) is 74.4 cm³/mol. The van der Waals surface area contributed by atoms with Crippen LogP contribution < -0.4 is 0 Å². The first kappa shape index (κ1) is 17.5. The van der Waals surface area contributed by atoms with E-state index in [0.29, 0.717) is 0 Å². The third kappa shape index (κ3) is 3.77. The predicted octanol–water partition coefficient (Wildman–Crippen LogP) is 0.359. The fourth-order valence-corrected chi connectivity index (χ4v) is 4.13. The molecule has 1 aromatic rings. The molecule has 1 unspecified atom stereocenters. The van der Waals surface area contributed by atoms with Gasteiger partial charge >= 0.3 is 11.9 Å². The Morgan fingerprint density at radius 2 is 2.00 bits per heavy atom. The van der Waals surface area contributed by atoms with Gasteiger partial charge in [-0.15, -0.1) is 11.3 Å². The van der Waals surface area contributed by atoms with E-state index in [9.17, 15) is 18.0 Å². The lowest BCUT2D eigenvalue weighted by Gasteiger charge is -2.19. The van der Waals surface area contributed by atoms with Crippen LogP contribution in [-0.2, 0) is 24.3 Å². The summed E-state index contributed by atoms with van der Waals surface area (Å²) in [6.07, 6.45) is 0.